The van der Waals surface area contributed by atoms with Crippen molar-refractivity contribution in [1.82, 2.24) is 14.9 Å². The minimum Gasteiger partial charge on any atom is -0.497 e. The Balaban J connectivity index is 1.88. The number of aromatic nitrogens is 2. The molecule has 1 N–H and O–H groups in total. The lowest BCUT2D eigenvalue weighted by Crippen LogP contribution is -2.29. The summed E-state index contributed by atoms with van der Waals surface area (Å²) in [6, 6.07) is 11.2. The molecule has 1 amide bonds. The van der Waals surface area contributed by atoms with E-state index in [1.807, 2.05) is 35.9 Å². The van der Waals surface area contributed by atoms with Crippen molar-refractivity contribution in [3.05, 3.63) is 88.7 Å². The van der Waals surface area contributed by atoms with Crippen LogP contribution in [0.15, 0.2) is 60.9 Å². The molecule has 5 nitrogen and oxygen atoms in total. The smallest absolute Gasteiger partial charge is 0.244 e. The number of methoxy groups -OCH3 is 1. The van der Waals surface area contributed by atoms with Crippen molar-refractivity contribution in [2.45, 2.75) is 6.04 Å². The lowest BCUT2D eigenvalue weighted by atomic mass is 10.1. The van der Waals surface area contributed by atoms with Crippen molar-refractivity contribution in [2.24, 2.45) is 7.05 Å². The third-order valence-electron chi connectivity index (χ3n) is 4.23. The van der Waals surface area contributed by atoms with Crippen LogP contribution in [0, 0.1) is 5.82 Å². The fourth-order valence-corrected chi connectivity index (χ4v) is 3.02. The molecule has 3 aromatic rings. The fourth-order valence-electron chi connectivity index (χ4n) is 2.79. The number of halogens is 2. The molecular weight excluding hydrogens is 381 g/mol. The Labute approximate surface area is 167 Å². The first-order chi connectivity index (χ1) is 13.5. The summed E-state index contributed by atoms with van der Waals surface area (Å²) in [6.45, 7) is 0. The van der Waals surface area contributed by atoms with Crippen LogP contribution in [0.5, 0.6) is 5.75 Å². The summed E-state index contributed by atoms with van der Waals surface area (Å²) in [6.07, 6.45) is 6.06. The zero-order chi connectivity index (χ0) is 20.1. The van der Waals surface area contributed by atoms with Gasteiger partial charge in [0, 0.05) is 31.1 Å². The third-order valence-corrected chi connectivity index (χ3v) is 4.56. The predicted molar refractivity (Wildman–Crippen MR) is 107 cm³/mol. The van der Waals surface area contributed by atoms with Crippen molar-refractivity contribution in [2.75, 3.05) is 7.11 Å². The van der Waals surface area contributed by atoms with Gasteiger partial charge in [-0.1, -0.05) is 29.8 Å². The van der Waals surface area contributed by atoms with Crippen LogP contribution in [-0.2, 0) is 11.8 Å². The van der Waals surface area contributed by atoms with Crippen LogP contribution < -0.4 is 10.1 Å². The first kappa shape index (κ1) is 19.6. The van der Waals surface area contributed by atoms with Gasteiger partial charge in [0.15, 0.2) is 0 Å². The molecule has 1 unspecified atom stereocenters. The molecule has 0 aliphatic carbocycles. The lowest BCUT2D eigenvalue weighted by molar-refractivity contribution is -0.117. The van der Waals surface area contributed by atoms with E-state index in [2.05, 4.69) is 10.3 Å². The van der Waals surface area contributed by atoms with E-state index >= 15 is 0 Å². The number of rotatable bonds is 6. The Kier molecular flexibility index (Phi) is 6.11. The second-order valence-electron chi connectivity index (χ2n) is 6.08. The van der Waals surface area contributed by atoms with Crippen LogP contribution in [0.4, 0.5) is 4.39 Å². The van der Waals surface area contributed by atoms with Crippen LogP contribution in [0.2, 0.25) is 5.02 Å². The summed E-state index contributed by atoms with van der Waals surface area (Å²) in [7, 11) is 3.42. The zero-order valence-electron chi connectivity index (χ0n) is 15.4. The number of benzene rings is 2. The highest BCUT2D eigenvalue weighted by atomic mass is 35.5. The molecule has 2 aromatic carbocycles. The Morgan fingerprint density at radius 1 is 1.32 bits per heavy atom. The van der Waals surface area contributed by atoms with Crippen LogP contribution in [0.1, 0.15) is 23.0 Å². The average molecular weight is 400 g/mol. The normalized spacial score (nSPS) is 12.1. The van der Waals surface area contributed by atoms with E-state index in [9.17, 15) is 9.18 Å². The molecule has 0 radical (unpaired) electrons. The number of hydrogen-bond donors (Lipinski definition) is 1. The molecule has 0 bridgehead atoms. The third kappa shape index (κ3) is 4.40. The summed E-state index contributed by atoms with van der Waals surface area (Å²) in [5.41, 5.74) is 0.966. The number of nitrogens with one attached hydrogen (secondary N) is 1. The number of imidazole rings is 1. The quantitative estimate of drug-likeness (QED) is 0.634. The topological polar surface area (TPSA) is 56.1 Å². The van der Waals surface area contributed by atoms with Crippen LogP contribution in [0.25, 0.3) is 6.08 Å². The molecule has 0 aliphatic heterocycles. The molecule has 0 fully saturated rings. The molecule has 3 rings (SSSR count). The van der Waals surface area contributed by atoms with Crippen molar-refractivity contribution in [1.29, 1.82) is 0 Å². The molecule has 144 valence electrons. The summed E-state index contributed by atoms with van der Waals surface area (Å²) >= 11 is 6.00. The van der Waals surface area contributed by atoms with E-state index in [1.165, 1.54) is 24.3 Å². The van der Waals surface area contributed by atoms with Gasteiger partial charge in [-0.3, -0.25) is 4.79 Å². The molecule has 1 aromatic heterocycles. The van der Waals surface area contributed by atoms with E-state index in [0.717, 1.165) is 5.56 Å². The number of hydrogen-bond acceptors (Lipinski definition) is 3. The SMILES string of the molecule is COc1cccc(C(NC(=O)C=Cc2c(F)cccc2Cl)c2nccn2C)c1. The maximum Gasteiger partial charge on any atom is 0.244 e. The second-order valence-corrected chi connectivity index (χ2v) is 6.49. The number of carbonyl (C=O) groups is 1. The standard InChI is InChI=1S/C21H19ClFN3O2/c1-26-12-11-24-21(26)20(14-5-3-6-15(13-14)28-2)25-19(27)10-9-16-17(22)7-4-8-18(16)23/h3-13,20H,1-2H3,(H,25,27). The largest absolute Gasteiger partial charge is 0.497 e. The van der Waals surface area contributed by atoms with Crippen LogP contribution in [-0.4, -0.2) is 22.6 Å². The summed E-state index contributed by atoms with van der Waals surface area (Å²) in [5.74, 6) is 0.415. The Morgan fingerprint density at radius 3 is 2.79 bits per heavy atom. The highest BCUT2D eigenvalue weighted by Gasteiger charge is 2.20. The molecule has 0 saturated carbocycles. The lowest BCUT2D eigenvalue weighted by Gasteiger charge is -2.19. The minimum atomic E-state index is -0.511. The van der Waals surface area contributed by atoms with Crippen LogP contribution >= 0.6 is 11.6 Å². The number of carbonyl (C=O) groups excluding carboxylic acids is 1. The van der Waals surface area contributed by atoms with Gasteiger partial charge in [-0.05, 0) is 35.9 Å². The van der Waals surface area contributed by atoms with E-state index in [0.29, 0.717) is 11.6 Å². The first-order valence-corrected chi connectivity index (χ1v) is 8.91. The monoisotopic (exact) mass is 399 g/mol. The molecule has 0 aliphatic rings. The molecule has 1 heterocycles. The van der Waals surface area contributed by atoms with Gasteiger partial charge >= 0.3 is 0 Å². The maximum absolute atomic E-state index is 13.9. The van der Waals surface area contributed by atoms with Crippen molar-refractivity contribution < 1.29 is 13.9 Å². The van der Waals surface area contributed by atoms with Gasteiger partial charge < -0.3 is 14.6 Å². The molecule has 7 heteroatoms. The minimum absolute atomic E-state index is 0.161. The van der Waals surface area contributed by atoms with E-state index in [-0.39, 0.29) is 10.6 Å². The van der Waals surface area contributed by atoms with Crippen molar-refractivity contribution in [3.63, 3.8) is 0 Å². The predicted octanol–water partition coefficient (Wildman–Crippen LogP) is 4.14. The summed E-state index contributed by atoms with van der Waals surface area (Å²) in [5, 5.41) is 3.14. The van der Waals surface area contributed by atoms with Gasteiger partial charge in [0.05, 0.1) is 12.1 Å². The molecule has 1 atom stereocenters. The summed E-state index contributed by atoms with van der Waals surface area (Å²) in [4.78, 5) is 16.9. The number of amides is 1. The highest BCUT2D eigenvalue weighted by Crippen LogP contribution is 2.24. The van der Waals surface area contributed by atoms with Gasteiger partial charge in [0.1, 0.15) is 23.4 Å². The molecular formula is C21H19ClFN3O2. The molecule has 0 spiro atoms. The van der Waals surface area contributed by atoms with Gasteiger partial charge in [-0.15, -0.1) is 0 Å². The number of aryl methyl sites for hydroxylation is 1. The first-order valence-electron chi connectivity index (χ1n) is 8.53. The maximum atomic E-state index is 13.9. The van der Waals surface area contributed by atoms with Crippen LogP contribution in [0.3, 0.4) is 0 Å². The zero-order valence-corrected chi connectivity index (χ0v) is 16.2. The Bertz CT molecular complexity index is 996. The highest BCUT2D eigenvalue weighted by molar-refractivity contribution is 6.32. The van der Waals surface area contributed by atoms with Crippen molar-refractivity contribution in [3.8, 4) is 5.75 Å². The van der Waals surface area contributed by atoms with Gasteiger partial charge in [0.2, 0.25) is 5.91 Å². The van der Waals surface area contributed by atoms with E-state index in [4.69, 9.17) is 16.3 Å². The second kappa shape index (κ2) is 8.71. The summed E-state index contributed by atoms with van der Waals surface area (Å²) < 4.78 is 21.0. The fraction of sp³-hybridized carbons (Fsp3) is 0.143. The van der Waals surface area contributed by atoms with E-state index in [1.54, 1.807) is 25.6 Å². The molecule has 0 saturated heterocycles. The van der Waals surface area contributed by atoms with Gasteiger partial charge in [-0.2, -0.15) is 0 Å². The van der Waals surface area contributed by atoms with E-state index < -0.39 is 17.8 Å². The number of ether oxygens (including phenoxy) is 1. The molecule has 28 heavy (non-hydrogen) atoms. The van der Waals surface area contributed by atoms with Gasteiger partial charge in [-0.25, -0.2) is 9.37 Å². The van der Waals surface area contributed by atoms with Crippen molar-refractivity contribution >= 4 is 23.6 Å². The van der Waals surface area contributed by atoms with Gasteiger partial charge in [0.25, 0.3) is 0 Å². The Morgan fingerprint density at radius 2 is 2.11 bits per heavy atom. The Hall–Kier alpha value is -3.12. The average Bonchev–Trinajstić information content (AvgIpc) is 3.11. The number of nitrogens with zero attached hydrogens (tertiary/aromatic N) is 2.